The minimum Gasteiger partial charge on any atom is -0.472 e. The maximum Gasteiger partial charge on any atom is 0.407 e. The molecule has 6 heteroatoms. The minimum absolute atomic E-state index is 0.231. The molecule has 1 N–H and O–H groups in total. The number of benzene rings is 1. The predicted octanol–water partition coefficient (Wildman–Crippen LogP) is 2.24. The van der Waals surface area contributed by atoms with Crippen molar-refractivity contribution in [3.05, 3.63) is 36.0 Å². The van der Waals surface area contributed by atoms with Crippen LogP contribution in [-0.2, 0) is 0 Å². The number of carbonyl (C=O) groups is 1. The molecule has 21 heavy (non-hydrogen) atoms. The van der Waals surface area contributed by atoms with Crippen LogP contribution in [0.4, 0.5) is 4.79 Å². The highest BCUT2D eigenvalue weighted by Gasteiger charge is 2.28. The van der Waals surface area contributed by atoms with Gasteiger partial charge in [0.05, 0.1) is 6.54 Å². The van der Waals surface area contributed by atoms with Crippen LogP contribution in [-0.4, -0.2) is 40.3 Å². The lowest BCUT2D eigenvalue weighted by Gasteiger charge is -2.15. The van der Waals surface area contributed by atoms with Gasteiger partial charge in [0, 0.05) is 18.4 Å². The number of hydrogen-bond donors (Lipinski definition) is 1. The third-order valence-electron chi connectivity index (χ3n) is 3.51. The molecular weight excluding hydrogens is 270 g/mol. The summed E-state index contributed by atoms with van der Waals surface area (Å²) in [5.41, 5.74) is 0.289. The SMILES string of the molecule is N#Cc1cc2ccccc2c(OC2CCN(C(=O)O)C2)n1. The van der Waals surface area contributed by atoms with E-state index in [0.29, 0.717) is 25.4 Å². The fourth-order valence-electron chi connectivity index (χ4n) is 2.47. The fraction of sp³-hybridized carbons (Fsp3) is 0.267. The number of amides is 1. The first-order chi connectivity index (χ1) is 10.2. The fourth-order valence-corrected chi connectivity index (χ4v) is 2.47. The molecule has 1 aromatic carbocycles. The number of fused-ring (bicyclic) bond motifs is 1. The Morgan fingerprint density at radius 3 is 3.00 bits per heavy atom. The molecule has 0 saturated carbocycles. The van der Waals surface area contributed by atoms with Crippen molar-refractivity contribution >= 4 is 16.9 Å². The molecule has 1 unspecified atom stereocenters. The molecule has 1 aliphatic heterocycles. The maximum atomic E-state index is 10.9. The highest BCUT2D eigenvalue weighted by atomic mass is 16.5. The molecule has 2 heterocycles. The smallest absolute Gasteiger partial charge is 0.407 e. The average molecular weight is 283 g/mol. The van der Waals surface area contributed by atoms with Gasteiger partial charge in [-0.1, -0.05) is 18.2 Å². The van der Waals surface area contributed by atoms with Crippen molar-refractivity contribution in [1.82, 2.24) is 9.88 Å². The second-order valence-corrected chi connectivity index (χ2v) is 4.90. The van der Waals surface area contributed by atoms with Crippen LogP contribution in [0, 0.1) is 11.3 Å². The van der Waals surface area contributed by atoms with Gasteiger partial charge < -0.3 is 14.7 Å². The first-order valence-electron chi connectivity index (χ1n) is 6.62. The molecule has 1 aliphatic rings. The number of nitrogens with zero attached hydrogens (tertiary/aromatic N) is 3. The molecule has 1 saturated heterocycles. The summed E-state index contributed by atoms with van der Waals surface area (Å²) in [5, 5.41) is 19.7. The number of nitriles is 1. The molecule has 106 valence electrons. The molecule has 1 fully saturated rings. The Labute approximate surface area is 121 Å². The zero-order valence-electron chi connectivity index (χ0n) is 11.2. The van der Waals surface area contributed by atoms with Gasteiger partial charge in [0.15, 0.2) is 0 Å². The molecule has 0 aliphatic carbocycles. The van der Waals surface area contributed by atoms with Gasteiger partial charge in [-0.2, -0.15) is 5.26 Å². The minimum atomic E-state index is -0.940. The van der Waals surface area contributed by atoms with Crippen molar-refractivity contribution in [3.8, 4) is 11.9 Å². The second-order valence-electron chi connectivity index (χ2n) is 4.90. The van der Waals surface area contributed by atoms with Crippen molar-refractivity contribution in [1.29, 1.82) is 5.26 Å². The summed E-state index contributed by atoms with van der Waals surface area (Å²) < 4.78 is 5.84. The molecular formula is C15H13N3O3. The van der Waals surface area contributed by atoms with Crippen LogP contribution < -0.4 is 4.74 Å². The zero-order valence-corrected chi connectivity index (χ0v) is 11.2. The van der Waals surface area contributed by atoms with Gasteiger partial charge in [0.25, 0.3) is 0 Å². The van der Waals surface area contributed by atoms with Gasteiger partial charge in [-0.3, -0.25) is 0 Å². The molecule has 0 spiro atoms. The van der Waals surface area contributed by atoms with Gasteiger partial charge in [0.1, 0.15) is 17.9 Å². The third kappa shape index (κ3) is 2.58. The highest BCUT2D eigenvalue weighted by molar-refractivity contribution is 5.87. The molecule has 1 atom stereocenters. The second kappa shape index (κ2) is 5.29. The van der Waals surface area contributed by atoms with E-state index in [1.54, 1.807) is 6.07 Å². The predicted molar refractivity (Wildman–Crippen MR) is 75.1 cm³/mol. The highest BCUT2D eigenvalue weighted by Crippen LogP contribution is 2.26. The third-order valence-corrected chi connectivity index (χ3v) is 3.51. The van der Waals surface area contributed by atoms with Crippen molar-refractivity contribution in [3.63, 3.8) is 0 Å². The Kier molecular flexibility index (Phi) is 3.32. The van der Waals surface area contributed by atoms with Crippen molar-refractivity contribution < 1.29 is 14.6 Å². The van der Waals surface area contributed by atoms with Gasteiger partial charge >= 0.3 is 6.09 Å². The first-order valence-corrected chi connectivity index (χ1v) is 6.62. The summed E-state index contributed by atoms with van der Waals surface area (Å²) in [5.74, 6) is 0.391. The number of aromatic nitrogens is 1. The van der Waals surface area contributed by atoms with Crippen LogP contribution in [0.5, 0.6) is 5.88 Å². The Morgan fingerprint density at radius 2 is 2.29 bits per heavy atom. The zero-order chi connectivity index (χ0) is 14.8. The Balaban J connectivity index is 1.90. The monoisotopic (exact) mass is 283 g/mol. The maximum absolute atomic E-state index is 10.9. The van der Waals surface area contributed by atoms with E-state index in [1.807, 2.05) is 30.3 Å². The summed E-state index contributed by atoms with van der Waals surface area (Å²) in [6.45, 7) is 0.776. The Morgan fingerprint density at radius 1 is 1.48 bits per heavy atom. The quantitative estimate of drug-likeness (QED) is 0.913. The molecule has 3 rings (SSSR count). The number of hydrogen-bond acceptors (Lipinski definition) is 4. The van der Waals surface area contributed by atoms with Crippen molar-refractivity contribution in [2.75, 3.05) is 13.1 Å². The van der Waals surface area contributed by atoms with Crippen molar-refractivity contribution in [2.24, 2.45) is 0 Å². The summed E-state index contributed by atoms with van der Waals surface area (Å²) in [6, 6.07) is 11.3. The molecule has 2 aromatic rings. The molecule has 6 nitrogen and oxygen atoms in total. The standard InChI is InChI=1S/C15H13N3O3/c16-8-11-7-10-3-1-2-4-13(10)14(17-11)21-12-5-6-18(9-12)15(19)20/h1-4,7,12H,5-6,9H2,(H,19,20). The molecule has 0 bridgehead atoms. The van der Waals surface area contributed by atoms with Crippen LogP contribution in [0.1, 0.15) is 12.1 Å². The van der Waals surface area contributed by atoms with E-state index >= 15 is 0 Å². The van der Waals surface area contributed by atoms with Gasteiger partial charge in [-0.25, -0.2) is 9.78 Å². The van der Waals surface area contributed by atoms with E-state index in [-0.39, 0.29) is 11.8 Å². The van der Waals surface area contributed by atoms with Crippen LogP contribution in [0.25, 0.3) is 10.8 Å². The van der Waals surface area contributed by atoms with Crippen LogP contribution in [0.15, 0.2) is 30.3 Å². The number of ether oxygens (including phenoxy) is 1. The molecule has 1 aromatic heterocycles. The molecule has 0 radical (unpaired) electrons. The van der Waals surface area contributed by atoms with E-state index in [0.717, 1.165) is 10.8 Å². The van der Waals surface area contributed by atoms with E-state index in [1.165, 1.54) is 4.90 Å². The Bertz CT molecular complexity index is 739. The summed E-state index contributed by atoms with van der Waals surface area (Å²) in [6.07, 6.45) is -0.547. The molecule has 1 amide bonds. The van der Waals surface area contributed by atoms with Gasteiger partial charge in [0.2, 0.25) is 5.88 Å². The Hall–Kier alpha value is -2.81. The lowest BCUT2D eigenvalue weighted by Crippen LogP contribution is -2.29. The summed E-state index contributed by atoms with van der Waals surface area (Å²) >= 11 is 0. The van der Waals surface area contributed by atoms with Gasteiger partial charge in [-0.05, 0) is 17.5 Å². The van der Waals surface area contributed by atoms with Crippen LogP contribution >= 0.6 is 0 Å². The largest absolute Gasteiger partial charge is 0.472 e. The number of carboxylic acid groups (broad SMARTS) is 1. The first kappa shape index (κ1) is 13.2. The lowest BCUT2D eigenvalue weighted by atomic mass is 10.1. The van der Waals surface area contributed by atoms with E-state index in [2.05, 4.69) is 4.98 Å². The van der Waals surface area contributed by atoms with E-state index in [4.69, 9.17) is 15.1 Å². The van der Waals surface area contributed by atoms with E-state index in [9.17, 15) is 4.79 Å². The number of pyridine rings is 1. The summed E-state index contributed by atoms with van der Waals surface area (Å²) in [4.78, 5) is 16.4. The summed E-state index contributed by atoms with van der Waals surface area (Å²) in [7, 11) is 0. The van der Waals surface area contributed by atoms with Crippen LogP contribution in [0.2, 0.25) is 0 Å². The lowest BCUT2D eigenvalue weighted by molar-refractivity contribution is 0.145. The number of rotatable bonds is 2. The van der Waals surface area contributed by atoms with E-state index < -0.39 is 6.09 Å². The van der Waals surface area contributed by atoms with Crippen LogP contribution in [0.3, 0.4) is 0 Å². The van der Waals surface area contributed by atoms with Gasteiger partial charge in [-0.15, -0.1) is 0 Å². The number of likely N-dealkylation sites (tertiary alicyclic amines) is 1. The normalized spacial score (nSPS) is 17.7. The van der Waals surface area contributed by atoms with Crippen molar-refractivity contribution in [2.45, 2.75) is 12.5 Å². The average Bonchev–Trinajstić information content (AvgIpc) is 2.96. The topological polar surface area (TPSA) is 86.5 Å².